The fraction of sp³-hybridized carbons (Fsp3) is 0.333. The predicted molar refractivity (Wildman–Crippen MR) is 77.2 cm³/mol. The highest BCUT2D eigenvalue weighted by Crippen LogP contribution is 2.12. The number of benzene rings is 1. The number of hydrogen-bond acceptors (Lipinski definition) is 3. The standard InChI is InChI=1S/C15H17F2N3O/c1-15(2,3)20-7-6-18-13(14(20)21)19-9-10-4-5-11(16)12(17)8-10/h4-8H,9H2,1-3H3,(H,18,19). The van der Waals surface area contributed by atoms with Gasteiger partial charge in [-0.1, -0.05) is 6.07 Å². The molecule has 0 spiro atoms. The van der Waals surface area contributed by atoms with Gasteiger partial charge in [-0.15, -0.1) is 0 Å². The third kappa shape index (κ3) is 3.45. The number of halogens is 2. The molecule has 4 nitrogen and oxygen atoms in total. The molecule has 0 amide bonds. The van der Waals surface area contributed by atoms with Gasteiger partial charge in [0.25, 0.3) is 5.56 Å². The van der Waals surface area contributed by atoms with Gasteiger partial charge in [0, 0.05) is 24.5 Å². The molecule has 0 radical (unpaired) electrons. The van der Waals surface area contributed by atoms with E-state index in [2.05, 4.69) is 10.3 Å². The summed E-state index contributed by atoms with van der Waals surface area (Å²) in [6.45, 7) is 5.92. The molecule has 0 aliphatic heterocycles. The average molecular weight is 293 g/mol. The lowest BCUT2D eigenvalue weighted by Gasteiger charge is -2.22. The Kier molecular flexibility index (Phi) is 4.06. The molecular weight excluding hydrogens is 276 g/mol. The molecule has 0 bridgehead atoms. The molecule has 0 saturated heterocycles. The van der Waals surface area contributed by atoms with Crippen molar-refractivity contribution in [3.05, 3.63) is 58.1 Å². The molecular formula is C15H17F2N3O. The second kappa shape index (κ2) is 5.63. The largest absolute Gasteiger partial charge is 0.361 e. The van der Waals surface area contributed by atoms with Crippen LogP contribution in [0, 0.1) is 11.6 Å². The Morgan fingerprint density at radius 2 is 1.95 bits per heavy atom. The van der Waals surface area contributed by atoms with Crippen LogP contribution in [-0.4, -0.2) is 9.55 Å². The Labute approximate surface area is 121 Å². The summed E-state index contributed by atoms with van der Waals surface area (Å²) in [5, 5.41) is 2.85. The molecule has 1 aromatic heterocycles. The zero-order valence-electron chi connectivity index (χ0n) is 12.2. The van der Waals surface area contributed by atoms with Crippen LogP contribution in [0.5, 0.6) is 0 Å². The number of nitrogens with one attached hydrogen (secondary N) is 1. The van der Waals surface area contributed by atoms with E-state index in [4.69, 9.17) is 0 Å². The molecule has 0 atom stereocenters. The predicted octanol–water partition coefficient (Wildman–Crippen LogP) is 2.89. The van der Waals surface area contributed by atoms with Crippen molar-refractivity contribution >= 4 is 5.82 Å². The monoisotopic (exact) mass is 293 g/mol. The highest BCUT2D eigenvalue weighted by atomic mass is 19.2. The van der Waals surface area contributed by atoms with Crippen LogP contribution < -0.4 is 10.9 Å². The maximum absolute atomic E-state index is 13.1. The Bertz CT molecular complexity index is 705. The molecule has 0 aliphatic carbocycles. The van der Waals surface area contributed by atoms with Gasteiger partial charge in [-0.3, -0.25) is 4.79 Å². The fourth-order valence-corrected chi connectivity index (χ4v) is 1.90. The minimum absolute atomic E-state index is 0.178. The van der Waals surface area contributed by atoms with Crippen molar-refractivity contribution in [2.24, 2.45) is 0 Å². The zero-order valence-corrected chi connectivity index (χ0v) is 12.2. The molecule has 0 fully saturated rings. The SMILES string of the molecule is CC(C)(C)n1ccnc(NCc2ccc(F)c(F)c2)c1=O. The van der Waals surface area contributed by atoms with Gasteiger partial charge < -0.3 is 9.88 Å². The van der Waals surface area contributed by atoms with Gasteiger partial charge in [0.2, 0.25) is 0 Å². The first-order valence-corrected chi connectivity index (χ1v) is 6.55. The van der Waals surface area contributed by atoms with Crippen LogP contribution in [0.3, 0.4) is 0 Å². The summed E-state index contributed by atoms with van der Waals surface area (Å²) in [6.07, 6.45) is 3.14. The van der Waals surface area contributed by atoms with Crippen molar-refractivity contribution in [1.82, 2.24) is 9.55 Å². The molecule has 21 heavy (non-hydrogen) atoms. The first kappa shape index (κ1) is 15.2. The second-order valence-corrected chi connectivity index (χ2v) is 5.72. The number of aromatic nitrogens is 2. The summed E-state index contributed by atoms with van der Waals surface area (Å²) in [4.78, 5) is 16.3. The van der Waals surface area contributed by atoms with E-state index < -0.39 is 11.6 Å². The minimum Gasteiger partial charge on any atom is -0.361 e. The van der Waals surface area contributed by atoms with E-state index in [-0.39, 0.29) is 23.5 Å². The van der Waals surface area contributed by atoms with Crippen LogP contribution in [0.4, 0.5) is 14.6 Å². The molecule has 6 heteroatoms. The van der Waals surface area contributed by atoms with Gasteiger partial charge in [-0.25, -0.2) is 13.8 Å². The van der Waals surface area contributed by atoms with Gasteiger partial charge in [-0.05, 0) is 38.5 Å². The van der Waals surface area contributed by atoms with Crippen molar-refractivity contribution in [2.75, 3.05) is 5.32 Å². The average Bonchev–Trinajstić information content (AvgIpc) is 2.40. The van der Waals surface area contributed by atoms with E-state index in [0.29, 0.717) is 5.56 Å². The highest BCUT2D eigenvalue weighted by molar-refractivity contribution is 5.33. The number of nitrogens with zero attached hydrogens (tertiary/aromatic N) is 2. The maximum atomic E-state index is 13.1. The molecule has 1 N–H and O–H groups in total. The molecule has 2 aromatic rings. The van der Waals surface area contributed by atoms with Gasteiger partial charge in [0.15, 0.2) is 17.5 Å². The first-order chi connectivity index (χ1) is 9.79. The molecule has 112 valence electrons. The summed E-state index contributed by atoms with van der Waals surface area (Å²) in [5.41, 5.74) is -0.0906. The summed E-state index contributed by atoms with van der Waals surface area (Å²) < 4.78 is 27.5. The topological polar surface area (TPSA) is 46.9 Å². The van der Waals surface area contributed by atoms with Gasteiger partial charge >= 0.3 is 0 Å². The van der Waals surface area contributed by atoms with E-state index >= 15 is 0 Å². The van der Waals surface area contributed by atoms with E-state index in [0.717, 1.165) is 12.1 Å². The van der Waals surface area contributed by atoms with Crippen LogP contribution >= 0.6 is 0 Å². The van der Waals surface area contributed by atoms with Crippen molar-refractivity contribution in [2.45, 2.75) is 32.9 Å². The van der Waals surface area contributed by atoms with Crippen LogP contribution in [0.2, 0.25) is 0 Å². The third-order valence-corrected chi connectivity index (χ3v) is 3.01. The number of anilines is 1. The van der Waals surface area contributed by atoms with Gasteiger partial charge in [0.1, 0.15) is 0 Å². The number of hydrogen-bond donors (Lipinski definition) is 1. The summed E-state index contributed by atoms with van der Waals surface area (Å²) in [7, 11) is 0. The molecule has 0 saturated carbocycles. The van der Waals surface area contributed by atoms with Crippen LogP contribution in [0.25, 0.3) is 0 Å². The Morgan fingerprint density at radius 3 is 2.57 bits per heavy atom. The van der Waals surface area contributed by atoms with E-state index in [1.807, 2.05) is 20.8 Å². The zero-order chi connectivity index (χ0) is 15.6. The third-order valence-electron chi connectivity index (χ3n) is 3.01. The van der Waals surface area contributed by atoms with Crippen LogP contribution in [0.15, 0.2) is 35.4 Å². The van der Waals surface area contributed by atoms with Crippen molar-refractivity contribution in [1.29, 1.82) is 0 Å². The van der Waals surface area contributed by atoms with Gasteiger partial charge in [0.05, 0.1) is 0 Å². The first-order valence-electron chi connectivity index (χ1n) is 6.55. The maximum Gasteiger partial charge on any atom is 0.293 e. The molecule has 2 rings (SSSR count). The normalized spacial score (nSPS) is 11.5. The molecule has 1 aromatic carbocycles. The quantitative estimate of drug-likeness (QED) is 0.946. The van der Waals surface area contributed by atoms with E-state index in [1.165, 1.54) is 12.3 Å². The van der Waals surface area contributed by atoms with Crippen molar-refractivity contribution < 1.29 is 8.78 Å². The highest BCUT2D eigenvalue weighted by Gasteiger charge is 2.16. The summed E-state index contributed by atoms with van der Waals surface area (Å²) >= 11 is 0. The van der Waals surface area contributed by atoms with Crippen molar-refractivity contribution in [3.8, 4) is 0 Å². The lowest BCUT2D eigenvalue weighted by molar-refractivity contribution is 0.383. The lowest BCUT2D eigenvalue weighted by Crippen LogP contribution is -2.35. The van der Waals surface area contributed by atoms with E-state index in [9.17, 15) is 13.6 Å². The Balaban J connectivity index is 2.21. The molecule has 0 aliphatic rings. The lowest BCUT2D eigenvalue weighted by atomic mass is 10.1. The number of rotatable bonds is 3. The Hall–Kier alpha value is -2.24. The fourth-order valence-electron chi connectivity index (χ4n) is 1.90. The van der Waals surface area contributed by atoms with Crippen LogP contribution in [-0.2, 0) is 12.1 Å². The minimum atomic E-state index is -0.914. The van der Waals surface area contributed by atoms with Crippen molar-refractivity contribution in [3.63, 3.8) is 0 Å². The van der Waals surface area contributed by atoms with E-state index in [1.54, 1.807) is 10.8 Å². The molecule has 0 unspecified atom stereocenters. The Morgan fingerprint density at radius 1 is 1.24 bits per heavy atom. The van der Waals surface area contributed by atoms with Gasteiger partial charge in [-0.2, -0.15) is 0 Å². The molecule has 1 heterocycles. The van der Waals surface area contributed by atoms with Crippen LogP contribution in [0.1, 0.15) is 26.3 Å². The summed E-state index contributed by atoms with van der Waals surface area (Å²) in [5.74, 6) is -1.63. The second-order valence-electron chi connectivity index (χ2n) is 5.72. The summed E-state index contributed by atoms with van der Waals surface area (Å²) in [6, 6.07) is 3.60. The smallest absolute Gasteiger partial charge is 0.293 e.